The summed E-state index contributed by atoms with van der Waals surface area (Å²) in [6, 6.07) is 12.9. The molecule has 114 valence electrons. The lowest BCUT2D eigenvalue weighted by atomic mass is 10.1. The number of nitrogens with one attached hydrogen (secondary N) is 1. The van der Waals surface area contributed by atoms with Crippen molar-refractivity contribution in [3.63, 3.8) is 0 Å². The SMILES string of the molecule is COc1ccc(N/C=C/C(=O)c2ccc(C)cc2)cc1OC. The van der Waals surface area contributed by atoms with E-state index in [-0.39, 0.29) is 5.78 Å². The van der Waals surface area contributed by atoms with Crippen molar-refractivity contribution in [3.05, 3.63) is 65.9 Å². The van der Waals surface area contributed by atoms with E-state index in [1.54, 1.807) is 32.6 Å². The number of anilines is 1. The van der Waals surface area contributed by atoms with Crippen molar-refractivity contribution in [3.8, 4) is 11.5 Å². The average Bonchev–Trinajstić information content (AvgIpc) is 2.55. The van der Waals surface area contributed by atoms with E-state index >= 15 is 0 Å². The van der Waals surface area contributed by atoms with Crippen molar-refractivity contribution in [2.24, 2.45) is 0 Å². The van der Waals surface area contributed by atoms with Gasteiger partial charge in [-0.25, -0.2) is 0 Å². The molecule has 0 radical (unpaired) electrons. The Hall–Kier alpha value is -2.75. The number of ketones is 1. The molecule has 0 saturated heterocycles. The summed E-state index contributed by atoms with van der Waals surface area (Å²) in [5, 5.41) is 3.05. The van der Waals surface area contributed by atoms with Crippen LogP contribution in [0.3, 0.4) is 0 Å². The van der Waals surface area contributed by atoms with Crippen LogP contribution in [0.1, 0.15) is 15.9 Å². The number of hydrogen-bond donors (Lipinski definition) is 1. The number of carbonyl (C=O) groups is 1. The summed E-state index contributed by atoms with van der Waals surface area (Å²) in [7, 11) is 3.17. The minimum absolute atomic E-state index is 0.0482. The van der Waals surface area contributed by atoms with Crippen molar-refractivity contribution in [2.75, 3.05) is 19.5 Å². The van der Waals surface area contributed by atoms with Gasteiger partial charge in [0.05, 0.1) is 14.2 Å². The Kier molecular flexibility index (Phi) is 5.20. The van der Waals surface area contributed by atoms with E-state index in [9.17, 15) is 4.79 Å². The van der Waals surface area contributed by atoms with Crippen LogP contribution in [0.5, 0.6) is 11.5 Å². The fraction of sp³-hybridized carbons (Fsp3) is 0.167. The summed E-state index contributed by atoms with van der Waals surface area (Å²) in [5.74, 6) is 1.24. The highest BCUT2D eigenvalue weighted by atomic mass is 16.5. The molecule has 0 amide bonds. The molecule has 0 aliphatic rings. The van der Waals surface area contributed by atoms with Crippen LogP contribution in [0.25, 0.3) is 0 Å². The quantitative estimate of drug-likeness (QED) is 0.650. The lowest BCUT2D eigenvalue weighted by Crippen LogP contribution is -1.97. The molecule has 22 heavy (non-hydrogen) atoms. The number of carbonyl (C=O) groups excluding carboxylic acids is 1. The Labute approximate surface area is 130 Å². The largest absolute Gasteiger partial charge is 0.493 e. The number of ether oxygens (including phenoxy) is 2. The van der Waals surface area contributed by atoms with Crippen molar-refractivity contribution in [2.45, 2.75) is 6.92 Å². The van der Waals surface area contributed by atoms with Gasteiger partial charge in [-0.3, -0.25) is 4.79 Å². The average molecular weight is 297 g/mol. The van der Waals surface area contributed by atoms with Gasteiger partial charge in [-0.15, -0.1) is 0 Å². The third kappa shape index (κ3) is 3.88. The van der Waals surface area contributed by atoms with Gasteiger partial charge in [-0.2, -0.15) is 0 Å². The Morgan fingerprint density at radius 3 is 2.32 bits per heavy atom. The summed E-state index contributed by atoms with van der Waals surface area (Å²) in [6.07, 6.45) is 3.12. The Morgan fingerprint density at radius 2 is 1.68 bits per heavy atom. The Bertz CT molecular complexity index is 675. The number of allylic oxidation sites excluding steroid dienone is 1. The second-order valence-corrected chi connectivity index (χ2v) is 4.78. The van der Waals surface area contributed by atoms with Gasteiger partial charge < -0.3 is 14.8 Å². The summed E-state index contributed by atoms with van der Waals surface area (Å²) in [6.45, 7) is 1.99. The first-order valence-corrected chi connectivity index (χ1v) is 6.90. The van der Waals surface area contributed by atoms with E-state index in [4.69, 9.17) is 9.47 Å². The van der Waals surface area contributed by atoms with Gasteiger partial charge >= 0.3 is 0 Å². The molecule has 0 spiro atoms. The highest BCUT2D eigenvalue weighted by Crippen LogP contribution is 2.29. The van der Waals surface area contributed by atoms with Crippen molar-refractivity contribution in [1.82, 2.24) is 0 Å². The van der Waals surface area contributed by atoms with Crippen molar-refractivity contribution >= 4 is 11.5 Å². The minimum Gasteiger partial charge on any atom is -0.493 e. The third-order valence-electron chi connectivity index (χ3n) is 3.20. The Balaban J connectivity index is 2.03. The zero-order valence-electron chi connectivity index (χ0n) is 12.9. The molecule has 4 heteroatoms. The number of benzene rings is 2. The molecule has 2 aromatic carbocycles. The number of methoxy groups -OCH3 is 2. The zero-order valence-corrected chi connectivity index (χ0v) is 12.9. The summed E-state index contributed by atoms with van der Waals surface area (Å²) in [4.78, 5) is 12.0. The highest BCUT2D eigenvalue weighted by Gasteiger charge is 2.04. The molecule has 0 atom stereocenters. The summed E-state index contributed by atoms with van der Waals surface area (Å²) < 4.78 is 10.4. The fourth-order valence-corrected chi connectivity index (χ4v) is 1.95. The van der Waals surface area contributed by atoms with Crippen LogP contribution in [0.4, 0.5) is 5.69 Å². The molecule has 0 bridgehead atoms. The van der Waals surface area contributed by atoms with E-state index in [2.05, 4.69) is 5.32 Å². The monoisotopic (exact) mass is 297 g/mol. The summed E-state index contributed by atoms with van der Waals surface area (Å²) >= 11 is 0. The molecule has 4 nitrogen and oxygen atoms in total. The van der Waals surface area contributed by atoms with Gasteiger partial charge in [0.2, 0.25) is 0 Å². The maximum absolute atomic E-state index is 12.0. The van der Waals surface area contributed by atoms with E-state index in [0.29, 0.717) is 17.1 Å². The van der Waals surface area contributed by atoms with Gasteiger partial charge in [0.15, 0.2) is 17.3 Å². The van der Waals surface area contributed by atoms with Crippen LogP contribution < -0.4 is 14.8 Å². The maximum atomic E-state index is 12.0. The number of hydrogen-bond acceptors (Lipinski definition) is 4. The lowest BCUT2D eigenvalue weighted by molar-refractivity contribution is 0.104. The van der Waals surface area contributed by atoms with E-state index in [0.717, 1.165) is 11.3 Å². The van der Waals surface area contributed by atoms with E-state index in [1.807, 2.05) is 37.3 Å². The number of aryl methyl sites for hydroxylation is 1. The predicted octanol–water partition coefficient (Wildman–Crippen LogP) is 3.82. The van der Waals surface area contributed by atoms with Gasteiger partial charge in [0, 0.05) is 29.6 Å². The normalized spacial score (nSPS) is 10.5. The maximum Gasteiger partial charge on any atom is 0.187 e. The minimum atomic E-state index is -0.0482. The van der Waals surface area contributed by atoms with Crippen molar-refractivity contribution < 1.29 is 14.3 Å². The molecular formula is C18H19NO3. The smallest absolute Gasteiger partial charge is 0.187 e. The van der Waals surface area contributed by atoms with Crippen LogP contribution in [0, 0.1) is 6.92 Å². The molecule has 1 N–H and O–H groups in total. The van der Waals surface area contributed by atoms with Gasteiger partial charge in [-0.05, 0) is 19.1 Å². The molecule has 0 heterocycles. The van der Waals surface area contributed by atoms with Gasteiger partial charge in [-0.1, -0.05) is 29.8 Å². The van der Waals surface area contributed by atoms with Gasteiger partial charge in [0.1, 0.15) is 0 Å². The number of rotatable bonds is 6. The molecule has 2 aromatic rings. The molecule has 0 aliphatic carbocycles. The molecule has 0 aliphatic heterocycles. The van der Waals surface area contributed by atoms with E-state index in [1.165, 1.54) is 6.08 Å². The second kappa shape index (κ2) is 7.31. The van der Waals surface area contributed by atoms with Crippen LogP contribution in [0.15, 0.2) is 54.7 Å². The summed E-state index contributed by atoms with van der Waals surface area (Å²) in [5.41, 5.74) is 2.60. The van der Waals surface area contributed by atoms with Crippen LogP contribution in [-0.4, -0.2) is 20.0 Å². The molecule has 0 aromatic heterocycles. The topological polar surface area (TPSA) is 47.6 Å². The molecule has 0 unspecified atom stereocenters. The van der Waals surface area contributed by atoms with Crippen LogP contribution in [-0.2, 0) is 0 Å². The third-order valence-corrected chi connectivity index (χ3v) is 3.20. The van der Waals surface area contributed by atoms with Crippen LogP contribution >= 0.6 is 0 Å². The predicted molar refractivity (Wildman–Crippen MR) is 87.8 cm³/mol. The van der Waals surface area contributed by atoms with E-state index < -0.39 is 0 Å². The first kappa shape index (κ1) is 15.6. The standard InChI is InChI=1S/C18H19NO3/c1-13-4-6-14(7-5-13)16(20)10-11-19-15-8-9-17(21-2)18(12-15)22-3/h4-12,19H,1-3H3/b11-10+. The zero-order chi connectivity index (χ0) is 15.9. The first-order chi connectivity index (χ1) is 10.6. The van der Waals surface area contributed by atoms with Crippen molar-refractivity contribution in [1.29, 1.82) is 0 Å². The molecule has 2 rings (SSSR count). The van der Waals surface area contributed by atoms with Crippen LogP contribution in [0.2, 0.25) is 0 Å². The molecule has 0 saturated carbocycles. The Morgan fingerprint density at radius 1 is 1.00 bits per heavy atom. The highest BCUT2D eigenvalue weighted by molar-refractivity contribution is 6.04. The second-order valence-electron chi connectivity index (χ2n) is 4.78. The lowest BCUT2D eigenvalue weighted by Gasteiger charge is -2.09. The van der Waals surface area contributed by atoms with Gasteiger partial charge in [0.25, 0.3) is 0 Å². The molecular weight excluding hydrogens is 278 g/mol. The fourth-order valence-electron chi connectivity index (χ4n) is 1.95. The first-order valence-electron chi connectivity index (χ1n) is 6.90. The molecule has 0 fully saturated rings.